The smallest absolute Gasteiger partial charge is 0.121 e. The van der Waals surface area contributed by atoms with Crippen molar-refractivity contribution in [2.24, 2.45) is 0 Å². The Bertz CT molecular complexity index is 587. The normalized spacial score (nSPS) is 12.4. The van der Waals surface area contributed by atoms with Crippen molar-refractivity contribution in [2.45, 2.75) is 33.4 Å². The number of halogens is 1. The number of phenolic OH excluding ortho intramolecular Hbond substituents is 1. The summed E-state index contributed by atoms with van der Waals surface area (Å²) in [4.78, 5) is 0. The topological polar surface area (TPSA) is 32.3 Å². The zero-order valence-corrected chi connectivity index (χ0v) is 13.7. The summed E-state index contributed by atoms with van der Waals surface area (Å²) < 4.78 is 1.10. The van der Waals surface area contributed by atoms with Crippen LogP contribution >= 0.6 is 15.9 Å². The van der Waals surface area contributed by atoms with Gasteiger partial charge in [-0.25, -0.2) is 0 Å². The van der Waals surface area contributed by atoms with Crippen LogP contribution in [0, 0.1) is 13.8 Å². The van der Waals surface area contributed by atoms with Gasteiger partial charge in [-0.3, -0.25) is 0 Å². The van der Waals surface area contributed by atoms with Crippen molar-refractivity contribution in [3.05, 3.63) is 63.1 Å². The molecule has 1 unspecified atom stereocenters. The summed E-state index contributed by atoms with van der Waals surface area (Å²) in [5, 5.41) is 13.3. The Morgan fingerprint density at radius 1 is 1.15 bits per heavy atom. The zero-order chi connectivity index (χ0) is 14.7. The third kappa shape index (κ3) is 3.62. The highest BCUT2D eigenvalue weighted by Crippen LogP contribution is 2.23. The third-order valence-electron chi connectivity index (χ3n) is 3.51. The lowest BCUT2D eigenvalue weighted by molar-refractivity contribution is 0.466. The molecule has 20 heavy (non-hydrogen) atoms. The van der Waals surface area contributed by atoms with Gasteiger partial charge in [-0.2, -0.15) is 0 Å². The number of phenols is 1. The van der Waals surface area contributed by atoms with E-state index in [0.29, 0.717) is 5.75 Å². The minimum Gasteiger partial charge on any atom is -0.507 e. The first-order valence-electron chi connectivity index (χ1n) is 6.75. The average Bonchev–Trinajstić information content (AvgIpc) is 2.42. The highest BCUT2D eigenvalue weighted by atomic mass is 79.9. The SMILES string of the molecule is Cc1cc(CNC(C)c2cccc(Br)c2)cc(C)c1O. The molecule has 0 aliphatic carbocycles. The maximum Gasteiger partial charge on any atom is 0.121 e. The van der Waals surface area contributed by atoms with Gasteiger partial charge < -0.3 is 10.4 Å². The number of aromatic hydroxyl groups is 1. The second-order valence-corrected chi connectivity index (χ2v) is 6.15. The van der Waals surface area contributed by atoms with Crippen LogP contribution in [0.1, 0.15) is 35.2 Å². The van der Waals surface area contributed by atoms with Gasteiger partial charge in [-0.1, -0.05) is 40.2 Å². The lowest BCUT2D eigenvalue weighted by atomic mass is 10.0. The zero-order valence-electron chi connectivity index (χ0n) is 12.1. The van der Waals surface area contributed by atoms with Crippen LogP contribution in [0.25, 0.3) is 0 Å². The molecule has 0 heterocycles. The van der Waals surface area contributed by atoms with E-state index >= 15 is 0 Å². The van der Waals surface area contributed by atoms with Crippen LogP contribution in [0.2, 0.25) is 0 Å². The molecule has 3 heteroatoms. The van der Waals surface area contributed by atoms with Crippen molar-refractivity contribution in [1.29, 1.82) is 0 Å². The minimum atomic E-state index is 0.280. The number of benzene rings is 2. The lowest BCUT2D eigenvalue weighted by Gasteiger charge is -2.15. The second-order valence-electron chi connectivity index (χ2n) is 5.24. The summed E-state index contributed by atoms with van der Waals surface area (Å²) in [6, 6.07) is 12.7. The fraction of sp³-hybridized carbons (Fsp3) is 0.294. The van der Waals surface area contributed by atoms with Gasteiger partial charge in [0, 0.05) is 17.1 Å². The van der Waals surface area contributed by atoms with E-state index in [9.17, 15) is 5.11 Å². The number of aryl methyl sites for hydroxylation is 2. The van der Waals surface area contributed by atoms with Gasteiger partial charge in [0.2, 0.25) is 0 Å². The average molecular weight is 334 g/mol. The fourth-order valence-electron chi connectivity index (χ4n) is 2.31. The van der Waals surface area contributed by atoms with Crippen LogP contribution in [0.5, 0.6) is 5.75 Å². The molecule has 0 aliphatic rings. The van der Waals surface area contributed by atoms with E-state index in [-0.39, 0.29) is 6.04 Å². The van der Waals surface area contributed by atoms with Crippen molar-refractivity contribution >= 4 is 15.9 Å². The van der Waals surface area contributed by atoms with Gasteiger partial charge in [0.05, 0.1) is 0 Å². The summed E-state index contributed by atoms with van der Waals surface area (Å²) in [5.74, 6) is 0.397. The molecule has 2 nitrogen and oxygen atoms in total. The first-order valence-corrected chi connectivity index (χ1v) is 7.54. The summed E-state index contributed by atoms with van der Waals surface area (Å²) in [5.41, 5.74) is 4.31. The van der Waals surface area contributed by atoms with Crippen molar-refractivity contribution < 1.29 is 5.11 Å². The third-order valence-corrected chi connectivity index (χ3v) is 4.01. The lowest BCUT2D eigenvalue weighted by Crippen LogP contribution is -2.18. The highest BCUT2D eigenvalue weighted by molar-refractivity contribution is 9.10. The van der Waals surface area contributed by atoms with E-state index in [2.05, 4.69) is 40.3 Å². The standard InChI is InChI=1S/C17H20BrNO/c1-11-7-14(8-12(2)17(11)20)10-19-13(3)15-5-4-6-16(18)9-15/h4-9,13,19-20H,10H2,1-3H3. The van der Waals surface area contributed by atoms with Crippen LogP contribution in [-0.4, -0.2) is 5.11 Å². The van der Waals surface area contributed by atoms with Gasteiger partial charge in [-0.15, -0.1) is 0 Å². The molecule has 0 spiro atoms. The van der Waals surface area contributed by atoms with Crippen LogP contribution in [0.4, 0.5) is 0 Å². The van der Waals surface area contributed by atoms with E-state index in [4.69, 9.17) is 0 Å². The van der Waals surface area contributed by atoms with E-state index in [1.165, 1.54) is 11.1 Å². The van der Waals surface area contributed by atoms with E-state index in [1.807, 2.05) is 38.1 Å². The maximum absolute atomic E-state index is 9.79. The van der Waals surface area contributed by atoms with Crippen molar-refractivity contribution in [2.75, 3.05) is 0 Å². The van der Waals surface area contributed by atoms with Gasteiger partial charge in [0.1, 0.15) is 5.75 Å². The van der Waals surface area contributed by atoms with Crippen LogP contribution < -0.4 is 5.32 Å². The van der Waals surface area contributed by atoms with E-state index in [1.54, 1.807) is 0 Å². The maximum atomic E-state index is 9.79. The molecular formula is C17H20BrNO. The minimum absolute atomic E-state index is 0.280. The van der Waals surface area contributed by atoms with Crippen LogP contribution in [0.15, 0.2) is 40.9 Å². The van der Waals surface area contributed by atoms with Gasteiger partial charge >= 0.3 is 0 Å². The Morgan fingerprint density at radius 2 is 1.80 bits per heavy atom. The summed E-state index contributed by atoms with van der Waals surface area (Å²) >= 11 is 3.50. The molecule has 0 aliphatic heterocycles. The molecule has 2 aromatic rings. The monoisotopic (exact) mass is 333 g/mol. The van der Waals surface area contributed by atoms with Crippen molar-refractivity contribution in [3.8, 4) is 5.75 Å². The first kappa shape index (κ1) is 15.1. The number of nitrogens with one attached hydrogen (secondary N) is 1. The van der Waals surface area contributed by atoms with Gasteiger partial charge in [0.15, 0.2) is 0 Å². The van der Waals surface area contributed by atoms with Crippen LogP contribution in [-0.2, 0) is 6.54 Å². The summed E-state index contributed by atoms with van der Waals surface area (Å²) in [6.07, 6.45) is 0. The largest absolute Gasteiger partial charge is 0.507 e. The van der Waals surface area contributed by atoms with Crippen molar-refractivity contribution in [3.63, 3.8) is 0 Å². The Hall–Kier alpha value is -1.32. The Labute approximate surface area is 129 Å². The quantitative estimate of drug-likeness (QED) is 0.855. The fourth-order valence-corrected chi connectivity index (χ4v) is 2.73. The molecule has 106 valence electrons. The molecule has 0 bridgehead atoms. The molecule has 0 saturated heterocycles. The predicted octanol–water partition coefficient (Wildman–Crippen LogP) is 4.62. The highest BCUT2D eigenvalue weighted by Gasteiger charge is 2.07. The molecule has 1 atom stereocenters. The molecule has 0 amide bonds. The first-order chi connectivity index (χ1) is 9.47. The van der Waals surface area contributed by atoms with E-state index in [0.717, 1.165) is 22.1 Å². The molecule has 2 N–H and O–H groups in total. The van der Waals surface area contributed by atoms with Crippen molar-refractivity contribution in [1.82, 2.24) is 5.32 Å². The van der Waals surface area contributed by atoms with E-state index < -0.39 is 0 Å². The molecule has 0 aromatic heterocycles. The number of rotatable bonds is 4. The Morgan fingerprint density at radius 3 is 2.40 bits per heavy atom. The Balaban J connectivity index is 2.05. The molecule has 0 fully saturated rings. The summed E-state index contributed by atoms with van der Waals surface area (Å²) in [7, 11) is 0. The Kier molecular flexibility index (Phi) is 4.84. The summed E-state index contributed by atoms with van der Waals surface area (Å²) in [6.45, 7) is 6.81. The number of hydrogen-bond acceptors (Lipinski definition) is 2. The van der Waals surface area contributed by atoms with Crippen LogP contribution in [0.3, 0.4) is 0 Å². The molecule has 0 radical (unpaired) electrons. The molecule has 0 saturated carbocycles. The molecular weight excluding hydrogens is 314 g/mol. The molecule has 2 aromatic carbocycles. The second kappa shape index (κ2) is 6.42. The van der Waals surface area contributed by atoms with Gasteiger partial charge in [-0.05, 0) is 55.2 Å². The predicted molar refractivity (Wildman–Crippen MR) is 87.0 cm³/mol. The van der Waals surface area contributed by atoms with Gasteiger partial charge in [0.25, 0.3) is 0 Å². The number of hydrogen-bond donors (Lipinski definition) is 2. The molecule has 2 rings (SSSR count).